The molecule has 0 radical (unpaired) electrons. The average Bonchev–Trinajstić information content (AvgIpc) is 2.72. The summed E-state index contributed by atoms with van der Waals surface area (Å²) in [6.07, 6.45) is 1.45. The minimum atomic E-state index is -0.728. The third kappa shape index (κ3) is 4.24. The number of fused-ring (bicyclic) bond motifs is 1. The number of benzene rings is 1. The number of aromatic amines is 1. The van der Waals surface area contributed by atoms with E-state index < -0.39 is 23.2 Å². The molecule has 2 heterocycles. The summed E-state index contributed by atoms with van der Waals surface area (Å²) in [4.78, 5) is 33.6. The van der Waals surface area contributed by atoms with Crippen molar-refractivity contribution in [3.63, 3.8) is 0 Å². The van der Waals surface area contributed by atoms with Gasteiger partial charge in [0, 0.05) is 31.2 Å². The second-order valence-electron chi connectivity index (χ2n) is 7.59. The maximum absolute atomic E-state index is 14.7. The number of amides is 1. The van der Waals surface area contributed by atoms with Crippen LogP contribution in [0.4, 0.5) is 14.5 Å². The van der Waals surface area contributed by atoms with E-state index in [2.05, 4.69) is 30.9 Å². The number of H-pyrrole nitrogens is 1. The Morgan fingerprint density at radius 2 is 1.94 bits per heavy atom. The molecule has 1 amide bonds. The van der Waals surface area contributed by atoms with Gasteiger partial charge in [0.15, 0.2) is 5.82 Å². The van der Waals surface area contributed by atoms with Gasteiger partial charge in [-0.25, -0.2) is 14.4 Å². The number of pyridine rings is 1. The summed E-state index contributed by atoms with van der Waals surface area (Å²) < 4.78 is 28.9. The molecule has 0 atom stereocenters. The number of hydrogen-bond donors (Lipinski definition) is 4. The van der Waals surface area contributed by atoms with E-state index >= 15 is 0 Å². The Kier molecular flexibility index (Phi) is 5.64. The number of nitrogens with zero attached hydrogens (tertiary/aromatic N) is 2. The second-order valence-corrected chi connectivity index (χ2v) is 7.59. The third-order valence-electron chi connectivity index (χ3n) is 5.44. The van der Waals surface area contributed by atoms with E-state index in [1.54, 1.807) is 19.1 Å². The number of aromatic nitrogens is 3. The van der Waals surface area contributed by atoms with Crippen LogP contribution in [0.1, 0.15) is 34.6 Å². The smallest absolute Gasteiger partial charge is 0.269 e. The van der Waals surface area contributed by atoms with Crippen molar-refractivity contribution in [1.82, 2.24) is 25.6 Å². The van der Waals surface area contributed by atoms with Crippen LogP contribution >= 0.6 is 0 Å². The molecule has 1 aromatic carbocycles. The lowest BCUT2D eigenvalue weighted by atomic mass is 9.86. The summed E-state index contributed by atoms with van der Waals surface area (Å²) in [7, 11) is 1.45. The van der Waals surface area contributed by atoms with Gasteiger partial charge >= 0.3 is 0 Å². The Hall–Kier alpha value is -3.40. The first kappa shape index (κ1) is 20.9. The maximum Gasteiger partial charge on any atom is 0.269 e. The molecule has 162 valence electrons. The Labute approximate surface area is 176 Å². The van der Waals surface area contributed by atoms with Crippen molar-refractivity contribution in [3.8, 4) is 0 Å². The van der Waals surface area contributed by atoms with Crippen molar-refractivity contribution in [1.29, 1.82) is 0 Å². The molecule has 1 aliphatic carbocycles. The van der Waals surface area contributed by atoms with Crippen LogP contribution in [0, 0.1) is 18.7 Å². The fourth-order valence-electron chi connectivity index (χ4n) is 3.57. The lowest BCUT2D eigenvalue weighted by Gasteiger charge is -2.37. The molecule has 1 saturated carbocycles. The molecule has 3 aromatic rings. The van der Waals surface area contributed by atoms with Crippen molar-refractivity contribution >= 4 is 22.6 Å². The van der Waals surface area contributed by atoms with Gasteiger partial charge in [-0.1, -0.05) is 6.07 Å². The number of hydrogen-bond acceptors (Lipinski definition) is 6. The molecule has 2 aromatic heterocycles. The van der Waals surface area contributed by atoms with Crippen LogP contribution in [-0.2, 0) is 6.54 Å². The van der Waals surface area contributed by atoms with Crippen LogP contribution in [-0.4, -0.2) is 40.0 Å². The van der Waals surface area contributed by atoms with Crippen molar-refractivity contribution in [2.24, 2.45) is 0 Å². The van der Waals surface area contributed by atoms with Crippen LogP contribution in [0.25, 0.3) is 11.0 Å². The average molecular weight is 428 g/mol. The number of rotatable bonds is 6. The summed E-state index contributed by atoms with van der Waals surface area (Å²) in [5, 5.41) is 8.75. The highest BCUT2D eigenvalue weighted by Crippen LogP contribution is 2.26. The highest BCUT2D eigenvalue weighted by Gasteiger charge is 2.29. The first-order valence-corrected chi connectivity index (χ1v) is 9.92. The molecule has 31 heavy (non-hydrogen) atoms. The summed E-state index contributed by atoms with van der Waals surface area (Å²) in [6, 6.07) is 6.48. The van der Waals surface area contributed by atoms with Crippen molar-refractivity contribution in [2.45, 2.75) is 38.4 Å². The topological polar surface area (TPSA) is 112 Å². The van der Waals surface area contributed by atoms with Gasteiger partial charge in [0.05, 0.1) is 11.2 Å². The van der Waals surface area contributed by atoms with Crippen molar-refractivity contribution in [2.75, 3.05) is 12.4 Å². The second kappa shape index (κ2) is 8.38. The van der Waals surface area contributed by atoms with Gasteiger partial charge in [-0.3, -0.25) is 9.59 Å². The molecular formula is C21H22F2N6O2. The van der Waals surface area contributed by atoms with E-state index in [0.717, 1.165) is 12.8 Å². The van der Waals surface area contributed by atoms with E-state index in [-0.39, 0.29) is 29.0 Å². The van der Waals surface area contributed by atoms with Crippen LogP contribution in [0.3, 0.4) is 0 Å². The minimum absolute atomic E-state index is 0.0165. The first-order chi connectivity index (χ1) is 14.9. The molecular weight excluding hydrogens is 406 g/mol. The fourth-order valence-corrected chi connectivity index (χ4v) is 3.57. The highest BCUT2D eigenvalue weighted by atomic mass is 19.1. The molecule has 4 N–H and O–H groups in total. The van der Waals surface area contributed by atoms with Crippen LogP contribution < -0.4 is 21.5 Å². The molecule has 0 bridgehead atoms. The van der Waals surface area contributed by atoms with E-state index in [9.17, 15) is 18.4 Å². The molecule has 0 spiro atoms. The lowest BCUT2D eigenvalue weighted by molar-refractivity contribution is 0.0957. The Bertz CT molecular complexity index is 1210. The largest absolute Gasteiger partial charge is 0.378 e. The van der Waals surface area contributed by atoms with Gasteiger partial charge in [-0.05, 0) is 38.0 Å². The third-order valence-corrected chi connectivity index (χ3v) is 5.44. The van der Waals surface area contributed by atoms with E-state index in [1.807, 2.05) is 0 Å². The van der Waals surface area contributed by atoms with Crippen molar-refractivity contribution in [3.05, 3.63) is 63.3 Å². The number of nitrogens with one attached hydrogen (secondary N) is 4. The molecule has 4 rings (SSSR count). The Morgan fingerprint density at radius 1 is 1.16 bits per heavy atom. The van der Waals surface area contributed by atoms with Crippen LogP contribution in [0.15, 0.2) is 29.1 Å². The monoisotopic (exact) mass is 428 g/mol. The number of aryl methyl sites for hydroxylation is 1. The first-order valence-electron chi connectivity index (χ1n) is 9.92. The minimum Gasteiger partial charge on any atom is -0.378 e. The predicted molar refractivity (Wildman–Crippen MR) is 112 cm³/mol. The molecule has 1 fully saturated rings. The van der Waals surface area contributed by atoms with Gasteiger partial charge in [-0.15, -0.1) is 0 Å². The van der Waals surface area contributed by atoms with Gasteiger partial charge < -0.3 is 20.9 Å². The lowest BCUT2D eigenvalue weighted by Crippen LogP contribution is -2.47. The van der Waals surface area contributed by atoms with Crippen LogP contribution in [0.5, 0.6) is 0 Å². The summed E-state index contributed by atoms with van der Waals surface area (Å²) in [5.41, 5.74) is 1.09. The van der Waals surface area contributed by atoms with Gasteiger partial charge in [0.25, 0.3) is 11.5 Å². The van der Waals surface area contributed by atoms with E-state index in [1.165, 1.54) is 19.2 Å². The predicted octanol–water partition coefficient (Wildman–Crippen LogP) is 2.00. The Balaban J connectivity index is 1.33. The zero-order valence-electron chi connectivity index (χ0n) is 17.1. The number of carbonyl (C=O) groups is 1. The zero-order chi connectivity index (χ0) is 22.1. The standard InChI is InChI=1S/C21H22F2N6O2/c1-10-20(30)29-18-14(26-10)4-3-11(17(18)22)9-25-12-7-13(8-12)27-15-5-6-16(21(31)24-2)28-19(15)23/h3-6,12-13,25,27H,7-9H2,1-2H3,(H,24,31)(H,29,30). The number of carbonyl (C=O) groups excluding carboxylic acids is 1. The normalized spacial score (nSPS) is 17.9. The van der Waals surface area contributed by atoms with E-state index in [4.69, 9.17) is 0 Å². The van der Waals surface area contributed by atoms with E-state index in [0.29, 0.717) is 23.3 Å². The highest BCUT2D eigenvalue weighted by molar-refractivity contribution is 5.92. The summed E-state index contributed by atoms with van der Waals surface area (Å²) >= 11 is 0. The maximum atomic E-state index is 14.7. The molecule has 10 heteroatoms. The van der Waals surface area contributed by atoms with Gasteiger partial charge in [0.1, 0.15) is 16.9 Å². The summed E-state index contributed by atoms with van der Waals surface area (Å²) in [6.45, 7) is 1.87. The Morgan fingerprint density at radius 3 is 2.65 bits per heavy atom. The molecule has 1 aliphatic rings. The zero-order valence-corrected chi connectivity index (χ0v) is 17.1. The fraction of sp³-hybridized carbons (Fsp3) is 0.333. The molecule has 8 nitrogen and oxygen atoms in total. The van der Waals surface area contributed by atoms with Crippen molar-refractivity contribution < 1.29 is 13.6 Å². The SMILES string of the molecule is CNC(=O)c1ccc(NC2CC(NCc3ccc4nc(C)c(=O)[nH]c4c3F)C2)c(F)n1. The number of anilines is 1. The van der Waals surface area contributed by atoms with Crippen LogP contribution in [0.2, 0.25) is 0 Å². The molecule has 0 unspecified atom stereocenters. The summed E-state index contributed by atoms with van der Waals surface area (Å²) in [5.74, 6) is -1.67. The molecule has 0 saturated heterocycles. The quantitative estimate of drug-likeness (QED) is 0.447. The number of halogens is 2. The van der Waals surface area contributed by atoms with Gasteiger partial charge in [-0.2, -0.15) is 4.39 Å². The van der Waals surface area contributed by atoms with Gasteiger partial charge in [0.2, 0.25) is 5.95 Å². The molecule has 0 aliphatic heterocycles.